The summed E-state index contributed by atoms with van der Waals surface area (Å²) >= 11 is 0. The van der Waals surface area contributed by atoms with E-state index in [0.717, 1.165) is 12.1 Å². The third-order valence-corrected chi connectivity index (χ3v) is 3.56. The van der Waals surface area contributed by atoms with E-state index in [1.54, 1.807) is 36.2 Å². The molecule has 0 bridgehead atoms. The van der Waals surface area contributed by atoms with Crippen LogP contribution in [0.2, 0.25) is 0 Å². The van der Waals surface area contributed by atoms with Crippen molar-refractivity contribution in [2.45, 2.75) is 13.0 Å². The summed E-state index contributed by atoms with van der Waals surface area (Å²) in [7, 11) is 1.64. The van der Waals surface area contributed by atoms with Gasteiger partial charge in [-0.25, -0.2) is 27.5 Å². The van der Waals surface area contributed by atoms with Crippen molar-refractivity contribution in [3.63, 3.8) is 0 Å². The standard InChI is InChI=1S/C17H13F4N3/c1-24(9-10-6-7-12(18)13(19)8-10)17-11-4-2-3-5-14(11)22-16(23-17)15(20)21/h2-8,15H,9H2,1H3. The number of alkyl halides is 2. The highest BCUT2D eigenvalue weighted by molar-refractivity contribution is 5.89. The molecule has 0 amide bonds. The molecule has 0 N–H and O–H groups in total. The first-order chi connectivity index (χ1) is 11.5. The van der Waals surface area contributed by atoms with Gasteiger partial charge in [-0.15, -0.1) is 0 Å². The Kier molecular flexibility index (Phi) is 4.33. The molecule has 0 radical (unpaired) electrons. The zero-order valence-electron chi connectivity index (χ0n) is 12.7. The molecule has 0 saturated heterocycles. The van der Waals surface area contributed by atoms with Crippen LogP contribution < -0.4 is 4.90 Å². The molecule has 3 rings (SSSR count). The SMILES string of the molecule is CN(Cc1ccc(F)c(F)c1)c1nc(C(F)F)nc2ccccc12. The maximum absolute atomic E-state index is 13.3. The lowest BCUT2D eigenvalue weighted by molar-refractivity contribution is 0.141. The third kappa shape index (κ3) is 3.15. The topological polar surface area (TPSA) is 29.0 Å². The van der Waals surface area contributed by atoms with Crippen molar-refractivity contribution in [1.82, 2.24) is 9.97 Å². The van der Waals surface area contributed by atoms with Gasteiger partial charge in [0.05, 0.1) is 5.52 Å². The number of hydrogen-bond acceptors (Lipinski definition) is 3. The Labute approximate surface area is 135 Å². The number of halogens is 4. The average Bonchev–Trinajstić information content (AvgIpc) is 2.57. The number of aromatic nitrogens is 2. The molecule has 3 nitrogen and oxygen atoms in total. The van der Waals surface area contributed by atoms with Crippen LogP contribution in [-0.2, 0) is 6.54 Å². The predicted molar refractivity (Wildman–Crippen MR) is 83.0 cm³/mol. The van der Waals surface area contributed by atoms with Gasteiger partial charge in [0.2, 0.25) is 0 Å². The van der Waals surface area contributed by atoms with Crippen LogP contribution in [0.4, 0.5) is 23.4 Å². The molecule has 2 aromatic carbocycles. The Bertz CT molecular complexity index is 883. The van der Waals surface area contributed by atoms with E-state index in [1.807, 2.05) is 0 Å². The lowest BCUT2D eigenvalue weighted by atomic mass is 10.2. The fourth-order valence-electron chi connectivity index (χ4n) is 2.45. The highest BCUT2D eigenvalue weighted by atomic mass is 19.3. The number of hydrogen-bond donors (Lipinski definition) is 0. The van der Waals surface area contributed by atoms with E-state index in [9.17, 15) is 17.6 Å². The molecule has 0 atom stereocenters. The number of anilines is 1. The minimum Gasteiger partial charge on any atom is -0.355 e. The fraction of sp³-hybridized carbons (Fsp3) is 0.176. The summed E-state index contributed by atoms with van der Waals surface area (Å²) < 4.78 is 52.4. The van der Waals surface area contributed by atoms with Gasteiger partial charge in [-0.05, 0) is 29.8 Å². The van der Waals surface area contributed by atoms with Crippen molar-refractivity contribution in [3.8, 4) is 0 Å². The fourth-order valence-corrected chi connectivity index (χ4v) is 2.45. The maximum Gasteiger partial charge on any atom is 0.297 e. The van der Waals surface area contributed by atoms with Gasteiger partial charge in [-0.3, -0.25) is 0 Å². The summed E-state index contributed by atoms with van der Waals surface area (Å²) in [4.78, 5) is 9.39. The van der Waals surface area contributed by atoms with E-state index >= 15 is 0 Å². The second kappa shape index (κ2) is 6.43. The maximum atomic E-state index is 13.3. The molecule has 0 unspecified atom stereocenters. The molecule has 0 spiro atoms. The summed E-state index contributed by atoms with van der Waals surface area (Å²) in [5.74, 6) is -2.16. The summed E-state index contributed by atoms with van der Waals surface area (Å²) in [6.45, 7) is 0.181. The van der Waals surface area contributed by atoms with E-state index in [-0.39, 0.29) is 6.54 Å². The second-order valence-corrected chi connectivity index (χ2v) is 5.33. The number of rotatable bonds is 4. The molecular formula is C17H13F4N3. The molecule has 0 saturated carbocycles. The number of nitrogens with zero attached hydrogens (tertiary/aromatic N) is 3. The van der Waals surface area contributed by atoms with Gasteiger partial charge in [-0.1, -0.05) is 18.2 Å². The second-order valence-electron chi connectivity index (χ2n) is 5.33. The van der Waals surface area contributed by atoms with Crippen LogP contribution >= 0.6 is 0 Å². The zero-order chi connectivity index (χ0) is 17.3. The van der Waals surface area contributed by atoms with Crippen LogP contribution in [0.15, 0.2) is 42.5 Å². The van der Waals surface area contributed by atoms with Gasteiger partial charge in [0, 0.05) is 19.0 Å². The van der Waals surface area contributed by atoms with Crippen molar-refractivity contribution in [1.29, 1.82) is 0 Å². The van der Waals surface area contributed by atoms with Gasteiger partial charge in [-0.2, -0.15) is 0 Å². The Balaban J connectivity index is 2.01. The van der Waals surface area contributed by atoms with Crippen LogP contribution in [0.25, 0.3) is 10.9 Å². The molecule has 124 valence electrons. The van der Waals surface area contributed by atoms with E-state index in [0.29, 0.717) is 22.3 Å². The first-order valence-electron chi connectivity index (χ1n) is 7.15. The van der Waals surface area contributed by atoms with Gasteiger partial charge >= 0.3 is 0 Å². The number of para-hydroxylation sites is 1. The lowest BCUT2D eigenvalue weighted by Gasteiger charge is -2.20. The van der Waals surface area contributed by atoms with Crippen LogP contribution in [-0.4, -0.2) is 17.0 Å². The largest absolute Gasteiger partial charge is 0.355 e. The van der Waals surface area contributed by atoms with E-state index < -0.39 is 23.9 Å². The van der Waals surface area contributed by atoms with Crippen molar-refractivity contribution in [3.05, 3.63) is 65.5 Å². The van der Waals surface area contributed by atoms with Crippen molar-refractivity contribution in [2.75, 3.05) is 11.9 Å². The normalized spacial score (nSPS) is 11.2. The molecular weight excluding hydrogens is 322 g/mol. The molecule has 0 aliphatic rings. The number of benzene rings is 2. The van der Waals surface area contributed by atoms with Crippen LogP contribution in [0.1, 0.15) is 17.8 Å². The monoisotopic (exact) mass is 335 g/mol. The minimum absolute atomic E-state index is 0.181. The van der Waals surface area contributed by atoms with Gasteiger partial charge < -0.3 is 4.90 Å². The van der Waals surface area contributed by atoms with Crippen molar-refractivity contribution < 1.29 is 17.6 Å². The van der Waals surface area contributed by atoms with Crippen molar-refractivity contribution in [2.24, 2.45) is 0 Å². The van der Waals surface area contributed by atoms with Crippen molar-refractivity contribution >= 4 is 16.7 Å². The first-order valence-corrected chi connectivity index (χ1v) is 7.15. The lowest BCUT2D eigenvalue weighted by Crippen LogP contribution is -2.19. The molecule has 24 heavy (non-hydrogen) atoms. The van der Waals surface area contributed by atoms with E-state index in [4.69, 9.17) is 0 Å². The summed E-state index contributed by atoms with van der Waals surface area (Å²) in [6, 6.07) is 10.3. The Hall–Kier alpha value is -2.70. The Morgan fingerprint density at radius 3 is 2.46 bits per heavy atom. The highest BCUT2D eigenvalue weighted by Gasteiger charge is 2.17. The Morgan fingerprint density at radius 2 is 1.75 bits per heavy atom. The Morgan fingerprint density at radius 1 is 1.00 bits per heavy atom. The van der Waals surface area contributed by atoms with Crippen LogP contribution in [0.5, 0.6) is 0 Å². The smallest absolute Gasteiger partial charge is 0.297 e. The van der Waals surface area contributed by atoms with E-state index in [2.05, 4.69) is 9.97 Å². The quantitative estimate of drug-likeness (QED) is 0.658. The molecule has 0 aliphatic heterocycles. The van der Waals surface area contributed by atoms with Crippen LogP contribution in [0.3, 0.4) is 0 Å². The predicted octanol–water partition coefficient (Wildman–Crippen LogP) is 4.48. The molecule has 7 heteroatoms. The minimum atomic E-state index is -2.80. The highest BCUT2D eigenvalue weighted by Crippen LogP contribution is 2.27. The summed E-state index contributed by atoms with van der Waals surface area (Å²) in [6.07, 6.45) is -2.80. The summed E-state index contributed by atoms with van der Waals surface area (Å²) in [5.41, 5.74) is 0.896. The molecule has 0 aliphatic carbocycles. The van der Waals surface area contributed by atoms with Crippen LogP contribution in [0, 0.1) is 11.6 Å². The third-order valence-electron chi connectivity index (χ3n) is 3.56. The van der Waals surface area contributed by atoms with E-state index in [1.165, 1.54) is 6.07 Å². The van der Waals surface area contributed by atoms with Gasteiger partial charge in [0.1, 0.15) is 5.82 Å². The van der Waals surface area contributed by atoms with Gasteiger partial charge in [0.25, 0.3) is 6.43 Å². The molecule has 1 aromatic heterocycles. The average molecular weight is 335 g/mol. The first kappa shape index (κ1) is 16.2. The number of fused-ring (bicyclic) bond motifs is 1. The molecule has 0 fully saturated rings. The molecule has 1 heterocycles. The van der Waals surface area contributed by atoms with Gasteiger partial charge in [0.15, 0.2) is 17.5 Å². The molecule has 3 aromatic rings. The summed E-state index contributed by atoms with van der Waals surface area (Å²) in [5, 5.41) is 0.604. The zero-order valence-corrected chi connectivity index (χ0v) is 12.7.